The Labute approximate surface area is 89.9 Å². The maximum Gasteiger partial charge on any atom is 0.115 e. The van der Waals surface area contributed by atoms with Crippen LogP contribution in [0.5, 0.6) is 5.75 Å². The molecule has 0 saturated heterocycles. The van der Waals surface area contributed by atoms with Crippen LogP contribution in [0, 0.1) is 0 Å². The SMILES string of the molecule is CC(C)(CCl)NCc1ccc(O)cc1. The van der Waals surface area contributed by atoms with Gasteiger partial charge in [0.1, 0.15) is 5.75 Å². The van der Waals surface area contributed by atoms with Crippen molar-refractivity contribution < 1.29 is 5.11 Å². The van der Waals surface area contributed by atoms with Gasteiger partial charge in [-0.25, -0.2) is 0 Å². The second-order valence-corrected chi connectivity index (χ2v) is 4.30. The van der Waals surface area contributed by atoms with Gasteiger partial charge in [0.2, 0.25) is 0 Å². The third-order valence-electron chi connectivity index (χ3n) is 2.04. The minimum atomic E-state index is -0.0561. The summed E-state index contributed by atoms with van der Waals surface area (Å²) >= 11 is 5.78. The first-order valence-electron chi connectivity index (χ1n) is 4.62. The maximum absolute atomic E-state index is 9.09. The van der Waals surface area contributed by atoms with Crippen LogP contribution < -0.4 is 5.32 Å². The van der Waals surface area contributed by atoms with E-state index in [9.17, 15) is 0 Å². The molecule has 78 valence electrons. The van der Waals surface area contributed by atoms with Gasteiger partial charge in [-0.3, -0.25) is 0 Å². The van der Waals surface area contributed by atoms with Gasteiger partial charge in [-0.05, 0) is 31.5 Å². The molecule has 1 rings (SSSR count). The number of nitrogens with one attached hydrogen (secondary N) is 1. The molecule has 0 amide bonds. The molecule has 0 aromatic heterocycles. The molecule has 1 aromatic rings. The standard InChI is InChI=1S/C11H16ClNO/c1-11(2,8-12)13-7-9-3-5-10(14)6-4-9/h3-6,13-14H,7-8H2,1-2H3. The Morgan fingerprint density at radius 3 is 2.36 bits per heavy atom. The third-order valence-corrected chi connectivity index (χ3v) is 2.71. The molecule has 0 radical (unpaired) electrons. The van der Waals surface area contributed by atoms with Gasteiger partial charge in [0.05, 0.1) is 0 Å². The molecular formula is C11H16ClNO. The van der Waals surface area contributed by atoms with E-state index in [1.807, 2.05) is 12.1 Å². The average Bonchev–Trinajstić information content (AvgIpc) is 2.17. The van der Waals surface area contributed by atoms with Gasteiger partial charge in [-0.1, -0.05) is 12.1 Å². The fraction of sp³-hybridized carbons (Fsp3) is 0.455. The summed E-state index contributed by atoms with van der Waals surface area (Å²) in [6.45, 7) is 4.88. The van der Waals surface area contributed by atoms with E-state index in [-0.39, 0.29) is 5.54 Å². The molecule has 2 nitrogen and oxygen atoms in total. The van der Waals surface area contributed by atoms with E-state index in [0.717, 1.165) is 12.1 Å². The highest BCUT2D eigenvalue weighted by Crippen LogP contribution is 2.11. The average molecular weight is 214 g/mol. The maximum atomic E-state index is 9.09. The van der Waals surface area contributed by atoms with E-state index >= 15 is 0 Å². The fourth-order valence-electron chi connectivity index (χ4n) is 1.00. The molecule has 0 spiro atoms. The van der Waals surface area contributed by atoms with E-state index in [1.165, 1.54) is 0 Å². The second-order valence-electron chi connectivity index (χ2n) is 4.04. The normalized spacial score (nSPS) is 11.6. The first-order valence-corrected chi connectivity index (χ1v) is 5.16. The molecule has 14 heavy (non-hydrogen) atoms. The first-order chi connectivity index (χ1) is 6.53. The van der Waals surface area contributed by atoms with Gasteiger partial charge in [0.25, 0.3) is 0 Å². The van der Waals surface area contributed by atoms with Crippen molar-refractivity contribution in [2.24, 2.45) is 0 Å². The van der Waals surface area contributed by atoms with Gasteiger partial charge in [-0.2, -0.15) is 0 Å². The predicted molar refractivity (Wildman–Crippen MR) is 59.7 cm³/mol. The van der Waals surface area contributed by atoms with Crippen LogP contribution in [0.1, 0.15) is 19.4 Å². The van der Waals surface area contributed by atoms with Crippen LogP contribution in [0.2, 0.25) is 0 Å². The van der Waals surface area contributed by atoms with E-state index < -0.39 is 0 Å². The van der Waals surface area contributed by atoms with Crippen molar-refractivity contribution in [2.45, 2.75) is 25.9 Å². The molecule has 0 bridgehead atoms. The van der Waals surface area contributed by atoms with Gasteiger partial charge in [0, 0.05) is 18.0 Å². The third kappa shape index (κ3) is 3.56. The molecule has 0 aliphatic heterocycles. The molecule has 0 aliphatic carbocycles. The van der Waals surface area contributed by atoms with Crippen molar-refractivity contribution in [3.8, 4) is 5.75 Å². The number of alkyl halides is 1. The van der Waals surface area contributed by atoms with Crippen molar-refractivity contribution in [3.63, 3.8) is 0 Å². The molecule has 0 unspecified atom stereocenters. The number of phenols is 1. The van der Waals surface area contributed by atoms with Crippen LogP contribution in [0.3, 0.4) is 0 Å². The summed E-state index contributed by atoms with van der Waals surface area (Å²) in [5.74, 6) is 0.871. The van der Waals surface area contributed by atoms with Gasteiger partial charge < -0.3 is 10.4 Å². The summed E-state index contributed by atoms with van der Waals surface area (Å²) in [6, 6.07) is 7.16. The molecule has 0 saturated carbocycles. The van der Waals surface area contributed by atoms with Gasteiger partial charge >= 0.3 is 0 Å². The second kappa shape index (κ2) is 4.67. The molecule has 0 atom stereocenters. The Morgan fingerprint density at radius 2 is 1.86 bits per heavy atom. The lowest BCUT2D eigenvalue weighted by Crippen LogP contribution is -2.40. The summed E-state index contributed by atoms with van der Waals surface area (Å²) in [5.41, 5.74) is 1.08. The molecule has 0 heterocycles. The molecule has 1 aromatic carbocycles. The predicted octanol–water partition coefficient (Wildman–Crippen LogP) is 2.50. The van der Waals surface area contributed by atoms with Gasteiger partial charge in [-0.15, -0.1) is 11.6 Å². The van der Waals surface area contributed by atoms with Crippen molar-refractivity contribution in [2.75, 3.05) is 5.88 Å². The van der Waals surface area contributed by atoms with E-state index in [1.54, 1.807) is 12.1 Å². The van der Waals surface area contributed by atoms with Crippen LogP contribution in [0.4, 0.5) is 0 Å². The Balaban J connectivity index is 2.50. The lowest BCUT2D eigenvalue weighted by molar-refractivity contribution is 0.429. The van der Waals surface area contributed by atoms with Crippen LogP contribution in [-0.4, -0.2) is 16.5 Å². The number of aromatic hydroxyl groups is 1. The summed E-state index contributed by atoms with van der Waals surface area (Å²) in [4.78, 5) is 0. The number of hydrogen-bond acceptors (Lipinski definition) is 2. The van der Waals surface area contributed by atoms with Crippen molar-refractivity contribution in [1.82, 2.24) is 5.32 Å². The molecule has 0 aliphatic rings. The number of rotatable bonds is 4. The lowest BCUT2D eigenvalue weighted by atomic mass is 10.1. The number of benzene rings is 1. The number of hydrogen-bond donors (Lipinski definition) is 2. The largest absolute Gasteiger partial charge is 0.508 e. The van der Waals surface area contributed by atoms with Crippen molar-refractivity contribution in [1.29, 1.82) is 0 Å². The lowest BCUT2D eigenvalue weighted by Gasteiger charge is -2.23. The summed E-state index contributed by atoms with van der Waals surface area (Å²) in [5, 5.41) is 12.4. The fourth-order valence-corrected chi connectivity index (χ4v) is 1.10. The minimum Gasteiger partial charge on any atom is -0.508 e. The molecule has 2 N–H and O–H groups in total. The van der Waals surface area contributed by atoms with Crippen molar-refractivity contribution in [3.05, 3.63) is 29.8 Å². The topological polar surface area (TPSA) is 32.3 Å². The number of halogens is 1. The Bertz CT molecular complexity index is 282. The highest BCUT2D eigenvalue weighted by atomic mass is 35.5. The van der Waals surface area contributed by atoms with Crippen LogP contribution in [0.15, 0.2) is 24.3 Å². The zero-order valence-corrected chi connectivity index (χ0v) is 9.30. The Morgan fingerprint density at radius 1 is 1.29 bits per heavy atom. The highest BCUT2D eigenvalue weighted by Gasteiger charge is 2.14. The monoisotopic (exact) mass is 213 g/mol. The molecule has 3 heteroatoms. The first kappa shape index (κ1) is 11.3. The smallest absolute Gasteiger partial charge is 0.115 e. The number of phenolic OH excluding ortho intramolecular Hbond substituents is 1. The highest BCUT2D eigenvalue weighted by molar-refractivity contribution is 6.18. The van der Waals surface area contributed by atoms with E-state index in [2.05, 4.69) is 19.2 Å². The molecular weight excluding hydrogens is 198 g/mol. The zero-order valence-electron chi connectivity index (χ0n) is 8.55. The molecule has 0 fully saturated rings. The Hall–Kier alpha value is -0.730. The van der Waals surface area contributed by atoms with Crippen LogP contribution in [-0.2, 0) is 6.54 Å². The van der Waals surface area contributed by atoms with Crippen LogP contribution in [0.25, 0.3) is 0 Å². The summed E-state index contributed by atoms with van der Waals surface area (Å²) in [7, 11) is 0. The van der Waals surface area contributed by atoms with E-state index in [0.29, 0.717) is 11.6 Å². The van der Waals surface area contributed by atoms with Gasteiger partial charge in [0.15, 0.2) is 0 Å². The minimum absolute atomic E-state index is 0.0561. The Kier molecular flexibility index (Phi) is 3.78. The summed E-state index contributed by atoms with van der Waals surface area (Å²) < 4.78 is 0. The van der Waals surface area contributed by atoms with Crippen LogP contribution >= 0.6 is 11.6 Å². The zero-order chi connectivity index (χ0) is 10.6. The van der Waals surface area contributed by atoms with E-state index in [4.69, 9.17) is 16.7 Å². The quantitative estimate of drug-likeness (QED) is 0.754. The summed E-state index contributed by atoms with van der Waals surface area (Å²) in [6.07, 6.45) is 0. The van der Waals surface area contributed by atoms with Crippen molar-refractivity contribution >= 4 is 11.6 Å².